The van der Waals surface area contributed by atoms with E-state index in [1.54, 1.807) is 6.08 Å². The summed E-state index contributed by atoms with van der Waals surface area (Å²) >= 11 is 0. The summed E-state index contributed by atoms with van der Waals surface area (Å²) in [6.45, 7) is 3.50. The highest BCUT2D eigenvalue weighted by molar-refractivity contribution is 5.90. The molecule has 0 unspecified atom stereocenters. The van der Waals surface area contributed by atoms with Gasteiger partial charge in [-0.25, -0.2) is 4.79 Å². The molecule has 0 aromatic heterocycles. The molecule has 1 rings (SSSR count). The summed E-state index contributed by atoms with van der Waals surface area (Å²) in [6.07, 6.45) is 1.88. The molecule has 4 heteroatoms. The van der Waals surface area contributed by atoms with Gasteiger partial charge < -0.3 is 14.9 Å². The Labute approximate surface area is 87.4 Å². The van der Waals surface area contributed by atoms with Crippen molar-refractivity contribution in [2.75, 3.05) is 7.11 Å². The first kappa shape index (κ1) is 11.1. The highest BCUT2D eigenvalue weighted by Crippen LogP contribution is 2.29. The van der Waals surface area contributed by atoms with E-state index in [-0.39, 0.29) is 17.1 Å². The van der Waals surface area contributed by atoms with Gasteiger partial charge in [0.05, 0.1) is 12.7 Å². The van der Waals surface area contributed by atoms with Crippen molar-refractivity contribution < 1.29 is 19.7 Å². The zero-order valence-electron chi connectivity index (χ0n) is 8.36. The van der Waals surface area contributed by atoms with Gasteiger partial charge in [0.25, 0.3) is 0 Å². The Kier molecular flexibility index (Phi) is 3.33. The highest BCUT2D eigenvalue weighted by Gasteiger charge is 2.13. The topological polar surface area (TPSA) is 66.8 Å². The summed E-state index contributed by atoms with van der Waals surface area (Å²) in [4.78, 5) is 11.1. The second-order valence-corrected chi connectivity index (χ2v) is 2.98. The average molecular weight is 208 g/mol. The Bertz CT molecular complexity index is 373. The van der Waals surface area contributed by atoms with Gasteiger partial charge in [-0.2, -0.15) is 0 Å². The van der Waals surface area contributed by atoms with Crippen LogP contribution in [0.2, 0.25) is 0 Å². The fraction of sp³-hybridized carbons (Fsp3) is 0.182. The van der Waals surface area contributed by atoms with Gasteiger partial charge in [0.15, 0.2) is 0 Å². The number of esters is 1. The first-order valence-corrected chi connectivity index (χ1v) is 4.34. The maximum absolute atomic E-state index is 11.1. The van der Waals surface area contributed by atoms with Gasteiger partial charge in [0.2, 0.25) is 0 Å². The number of allylic oxidation sites excluding steroid dienone is 1. The van der Waals surface area contributed by atoms with Crippen LogP contribution >= 0.6 is 0 Å². The third kappa shape index (κ3) is 2.28. The number of ether oxygens (including phenoxy) is 1. The quantitative estimate of drug-likeness (QED) is 0.585. The number of phenolic OH excluding ortho intramolecular Hbond substituents is 2. The lowest BCUT2D eigenvalue weighted by Crippen LogP contribution is -2.01. The molecule has 1 aromatic carbocycles. The average Bonchev–Trinajstić information content (AvgIpc) is 2.22. The van der Waals surface area contributed by atoms with Crippen LogP contribution in [0, 0.1) is 0 Å². The van der Waals surface area contributed by atoms with E-state index in [1.807, 2.05) is 0 Å². The van der Waals surface area contributed by atoms with Crippen LogP contribution in [-0.2, 0) is 11.2 Å². The fourth-order valence-corrected chi connectivity index (χ4v) is 1.23. The summed E-state index contributed by atoms with van der Waals surface area (Å²) < 4.78 is 4.46. The molecule has 0 radical (unpaired) electrons. The Morgan fingerprint density at radius 1 is 1.47 bits per heavy atom. The van der Waals surface area contributed by atoms with Crippen LogP contribution in [0.4, 0.5) is 0 Å². The molecule has 0 spiro atoms. The van der Waals surface area contributed by atoms with Crippen LogP contribution in [0.15, 0.2) is 24.8 Å². The summed E-state index contributed by atoms with van der Waals surface area (Å²) in [7, 11) is 1.23. The number of aromatic hydroxyl groups is 2. The van der Waals surface area contributed by atoms with E-state index in [4.69, 9.17) is 0 Å². The van der Waals surface area contributed by atoms with Crippen LogP contribution < -0.4 is 0 Å². The van der Waals surface area contributed by atoms with Gasteiger partial charge in [-0.15, -0.1) is 6.58 Å². The maximum atomic E-state index is 11.1. The number of rotatable bonds is 3. The lowest BCUT2D eigenvalue weighted by molar-refractivity contribution is 0.0600. The maximum Gasteiger partial charge on any atom is 0.338 e. The molecule has 0 bridgehead atoms. The van der Waals surface area contributed by atoms with Crippen molar-refractivity contribution in [2.24, 2.45) is 0 Å². The first-order valence-electron chi connectivity index (χ1n) is 4.34. The van der Waals surface area contributed by atoms with Crippen LogP contribution in [0.1, 0.15) is 15.9 Å². The van der Waals surface area contributed by atoms with Crippen molar-refractivity contribution in [3.8, 4) is 11.5 Å². The van der Waals surface area contributed by atoms with Gasteiger partial charge in [0, 0.05) is 5.56 Å². The van der Waals surface area contributed by atoms with Crippen molar-refractivity contribution in [1.82, 2.24) is 0 Å². The molecule has 1 aromatic rings. The van der Waals surface area contributed by atoms with E-state index < -0.39 is 5.97 Å². The predicted molar refractivity (Wildman–Crippen MR) is 55.0 cm³/mol. The van der Waals surface area contributed by atoms with E-state index in [0.29, 0.717) is 12.0 Å². The predicted octanol–water partition coefficient (Wildman–Crippen LogP) is 1.61. The molecular formula is C11H12O4. The van der Waals surface area contributed by atoms with E-state index in [2.05, 4.69) is 11.3 Å². The molecule has 2 N–H and O–H groups in total. The van der Waals surface area contributed by atoms with Gasteiger partial charge in [0.1, 0.15) is 11.5 Å². The molecule has 0 atom stereocenters. The molecule has 0 heterocycles. The van der Waals surface area contributed by atoms with Crippen LogP contribution in [0.5, 0.6) is 11.5 Å². The molecule has 0 fully saturated rings. The lowest BCUT2D eigenvalue weighted by Gasteiger charge is -2.07. The number of benzene rings is 1. The van der Waals surface area contributed by atoms with Crippen molar-refractivity contribution in [2.45, 2.75) is 6.42 Å². The molecule has 0 aliphatic heterocycles. The summed E-state index contributed by atoms with van der Waals surface area (Å²) in [5.74, 6) is -0.892. The summed E-state index contributed by atoms with van der Waals surface area (Å²) in [6, 6.07) is 2.51. The number of carbonyl (C=O) groups excluding carboxylic acids is 1. The molecule has 0 aliphatic carbocycles. The number of hydrogen-bond acceptors (Lipinski definition) is 4. The Morgan fingerprint density at radius 2 is 2.00 bits per heavy atom. The van der Waals surface area contributed by atoms with Crippen molar-refractivity contribution in [3.63, 3.8) is 0 Å². The number of hydrogen-bond donors (Lipinski definition) is 2. The van der Waals surface area contributed by atoms with E-state index in [1.165, 1.54) is 19.2 Å². The monoisotopic (exact) mass is 208 g/mol. The van der Waals surface area contributed by atoms with E-state index in [0.717, 1.165) is 0 Å². The Morgan fingerprint density at radius 3 is 2.40 bits per heavy atom. The Hall–Kier alpha value is -1.97. The molecule has 0 aliphatic rings. The minimum atomic E-state index is -0.606. The van der Waals surface area contributed by atoms with Crippen LogP contribution in [0.3, 0.4) is 0 Å². The lowest BCUT2D eigenvalue weighted by atomic mass is 10.1. The normalized spacial score (nSPS) is 9.67. The van der Waals surface area contributed by atoms with Crippen molar-refractivity contribution in [1.29, 1.82) is 0 Å². The van der Waals surface area contributed by atoms with Gasteiger partial charge >= 0.3 is 5.97 Å². The van der Waals surface area contributed by atoms with E-state index >= 15 is 0 Å². The zero-order chi connectivity index (χ0) is 11.4. The standard InChI is InChI=1S/C11H12O4/c1-3-4-8-9(12)5-7(6-10(8)13)11(14)15-2/h3,5-6,12-13H,1,4H2,2H3. The molecule has 15 heavy (non-hydrogen) atoms. The minimum absolute atomic E-state index is 0.111. The zero-order valence-corrected chi connectivity index (χ0v) is 8.36. The highest BCUT2D eigenvalue weighted by atomic mass is 16.5. The molecule has 4 nitrogen and oxygen atoms in total. The number of phenols is 2. The molecular weight excluding hydrogens is 196 g/mol. The summed E-state index contributed by atoms with van der Waals surface area (Å²) in [5, 5.41) is 19.1. The van der Waals surface area contributed by atoms with E-state index in [9.17, 15) is 15.0 Å². The van der Waals surface area contributed by atoms with Gasteiger partial charge in [-0.1, -0.05) is 6.08 Å². The van der Waals surface area contributed by atoms with Crippen LogP contribution in [0.25, 0.3) is 0 Å². The fourth-order valence-electron chi connectivity index (χ4n) is 1.23. The van der Waals surface area contributed by atoms with Crippen molar-refractivity contribution in [3.05, 3.63) is 35.9 Å². The molecule has 80 valence electrons. The van der Waals surface area contributed by atoms with Crippen molar-refractivity contribution >= 4 is 5.97 Å². The van der Waals surface area contributed by atoms with Gasteiger partial charge in [-0.3, -0.25) is 0 Å². The third-order valence-corrected chi connectivity index (χ3v) is 1.97. The molecule has 0 amide bonds. The molecule has 0 saturated heterocycles. The Balaban J connectivity index is 3.18. The second kappa shape index (κ2) is 4.50. The largest absolute Gasteiger partial charge is 0.507 e. The minimum Gasteiger partial charge on any atom is -0.507 e. The summed E-state index contributed by atoms with van der Waals surface area (Å²) in [5.41, 5.74) is 0.456. The van der Waals surface area contributed by atoms with Gasteiger partial charge in [-0.05, 0) is 18.6 Å². The second-order valence-electron chi connectivity index (χ2n) is 2.98. The third-order valence-electron chi connectivity index (χ3n) is 1.97. The molecule has 0 saturated carbocycles. The number of carbonyl (C=O) groups is 1. The van der Waals surface area contributed by atoms with Crippen LogP contribution in [-0.4, -0.2) is 23.3 Å². The first-order chi connectivity index (χ1) is 7.10. The SMILES string of the molecule is C=CCc1c(O)cc(C(=O)OC)cc1O. The number of methoxy groups -OCH3 is 1. The smallest absolute Gasteiger partial charge is 0.338 e.